The van der Waals surface area contributed by atoms with Crippen LogP contribution >= 0.6 is 27.3 Å². The Morgan fingerprint density at radius 1 is 1.32 bits per heavy atom. The lowest BCUT2D eigenvalue weighted by Gasteiger charge is -2.47. The quantitative estimate of drug-likeness (QED) is 0.733. The van der Waals surface area contributed by atoms with E-state index < -0.39 is 0 Å². The summed E-state index contributed by atoms with van der Waals surface area (Å²) >= 11 is 5.01. The highest BCUT2D eigenvalue weighted by Gasteiger charge is 2.39. The minimum atomic E-state index is 0.250. The van der Waals surface area contributed by atoms with Crippen molar-refractivity contribution in [3.05, 3.63) is 20.8 Å². The number of hydrogen-bond acceptors (Lipinski definition) is 2. The Hall–Kier alpha value is -0.350. The second-order valence-electron chi connectivity index (χ2n) is 5.88. The molecule has 0 bridgehead atoms. The van der Waals surface area contributed by atoms with Gasteiger partial charge in [-0.2, -0.15) is 0 Å². The van der Waals surface area contributed by atoms with E-state index in [9.17, 15) is 4.79 Å². The summed E-state index contributed by atoms with van der Waals surface area (Å²) in [6, 6.07) is 4.42. The Labute approximate surface area is 127 Å². The number of carbonyl (C=O) groups is 1. The van der Waals surface area contributed by atoms with Crippen molar-refractivity contribution in [2.24, 2.45) is 11.8 Å². The van der Waals surface area contributed by atoms with Crippen LogP contribution in [0.15, 0.2) is 15.9 Å². The number of piperidine rings is 1. The van der Waals surface area contributed by atoms with Crippen molar-refractivity contribution in [2.75, 3.05) is 6.54 Å². The summed E-state index contributed by atoms with van der Waals surface area (Å²) in [4.78, 5) is 15.7. The monoisotopic (exact) mass is 341 g/mol. The summed E-state index contributed by atoms with van der Waals surface area (Å²) in [6.07, 6.45) is 6.31. The molecule has 3 atom stereocenters. The lowest BCUT2D eigenvalue weighted by molar-refractivity contribution is 0.0221. The van der Waals surface area contributed by atoms with Gasteiger partial charge >= 0.3 is 0 Å². The van der Waals surface area contributed by atoms with E-state index in [2.05, 4.69) is 27.8 Å². The highest BCUT2D eigenvalue weighted by Crippen LogP contribution is 2.39. The topological polar surface area (TPSA) is 20.3 Å². The summed E-state index contributed by atoms with van der Waals surface area (Å²) in [7, 11) is 0. The molecule has 0 N–H and O–H groups in total. The summed E-state index contributed by atoms with van der Waals surface area (Å²) in [6.45, 7) is 3.31. The summed E-state index contributed by atoms with van der Waals surface area (Å²) in [5.74, 6) is 1.76. The van der Waals surface area contributed by atoms with E-state index in [-0.39, 0.29) is 5.91 Å². The molecule has 1 amide bonds. The molecule has 1 saturated heterocycles. The molecule has 1 aromatic heterocycles. The first-order valence-electron chi connectivity index (χ1n) is 7.23. The Morgan fingerprint density at radius 3 is 2.84 bits per heavy atom. The van der Waals surface area contributed by atoms with Crippen molar-refractivity contribution in [2.45, 2.75) is 45.1 Å². The molecule has 0 aromatic carbocycles. The zero-order valence-corrected chi connectivity index (χ0v) is 13.7. The van der Waals surface area contributed by atoms with Gasteiger partial charge in [-0.25, -0.2) is 0 Å². The minimum absolute atomic E-state index is 0.250. The molecule has 1 aliphatic carbocycles. The Kier molecular flexibility index (Phi) is 3.99. The summed E-state index contributed by atoms with van der Waals surface area (Å²) in [5, 5.41) is 0. The normalized spacial score (nSPS) is 31.1. The van der Waals surface area contributed by atoms with Gasteiger partial charge in [0.15, 0.2) is 0 Å². The number of fused-ring (bicyclic) bond motifs is 1. The van der Waals surface area contributed by atoms with Crippen molar-refractivity contribution >= 4 is 33.2 Å². The van der Waals surface area contributed by atoms with Crippen LogP contribution < -0.4 is 0 Å². The van der Waals surface area contributed by atoms with Crippen LogP contribution in [0.3, 0.4) is 0 Å². The van der Waals surface area contributed by atoms with E-state index in [1.165, 1.54) is 32.1 Å². The average Bonchev–Trinajstić information content (AvgIpc) is 2.86. The van der Waals surface area contributed by atoms with Gasteiger partial charge < -0.3 is 4.90 Å². The van der Waals surface area contributed by atoms with Crippen molar-refractivity contribution in [1.29, 1.82) is 0 Å². The first kappa shape index (κ1) is 13.6. The van der Waals surface area contributed by atoms with Gasteiger partial charge in [0, 0.05) is 12.6 Å². The fraction of sp³-hybridized carbons (Fsp3) is 0.667. The van der Waals surface area contributed by atoms with Gasteiger partial charge in [0.05, 0.1) is 8.66 Å². The molecule has 2 fully saturated rings. The smallest absolute Gasteiger partial charge is 0.264 e. The zero-order chi connectivity index (χ0) is 13.4. The van der Waals surface area contributed by atoms with Crippen molar-refractivity contribution in [3.8, 4) is 0 Å². The average molecular weight is 342 g/mol. The first-order valence-corrected chi connectivity index (χ1v) is 8.84. The molecule has 0 spiro atoms. The SMILES string of the molecule is CC1CCN(C(=O)c2ccc(Br)s2)C2CCCCC12. The van der Waals surface area contributed by atoms with E-state index >= 15 is 0 Å². The number of rotatable bonds is 1. The van der Waals surface area contributed by atoms with Gasteiger partial charge in [0.1, 0.15) is 0 Å². The maximum Gasteiger partial charge on any atom is 0.264 e. The molecule has 1 aromatic rings. The van der Waals surface area contributed by atoms with Crippen molar-refractivity contribution in [1.82, 2.24) is 4.90 Å². The van der Waals surface area contributed by atoms with Gasteiger partial charge in [-0.1, -0.05) is 19.8 Å². The standard InChI is InChI=1S/C15H20BrNOS/c1-10-8-9-17(12-5-3-2-4-11(10)12)15(18)13-6-7-14(16)19-13/h6-7,10-12H,2-5,8-9H2,1H3. The Bertz CT molecular complexity index is 472. The van der Waals surface area contributed by atoms with Gasteiger partial charge in [-0.05, 0) is 59.2 Å². The summed E-state index contributed by atoms with van der Waals surface area (Å²) < 4.78 is 1.04. The summed E-state index contributed by atoms with van der Waals surface area (Å²) in [5.41, 5.74) is 0. The fourth-order valence-corrected chi connectivity index (χ4v) is 5.08. The number of halogens is 1. The molecule has 2 aliphatic rings. The third kappa shape index (κ3) is 2.62. The maximum absolute atomic E-state index is 12.7. The molecular weight excluding hydrogens is 322 g/mol. The number of carbonyl (C=O) groups excluding carboxylic acids is 1. The first-order chi connectivity index (χ1) is 9.16. The molecule has 19 heavy (non-hydrogen) atoms. The van der Waals surface area contributed by atoms with E-state index in [1.807, 2.05) is 12.1 Å². The lowest BCUT2D eigenvalue weighted by atomic mass is 9.72. The molecule has 1 saturated carbocycles. The second-order valence-corrected chi connectivity index (χ2v) is 8.35. The van der Waals surface area contributed by atoms with E-state index in [1.54, 1.807) is 11.3 Å². The van der Waals surface area contributed by atoms with Crippen molar-refractivity contribution < 1.29 is 4.79 Å². The third-order valence-electron chi connectivity index (χ3n) is 4.78. The van der Waals surface area contributed by atoms with E-state index in [4.69, 9.17) is 0 Å². The van der Waals surface area contributed by atoms with Crippen LogP contribution in [0.25, 0.3) is 0 Å². The predicted molar refractivity (Wildman–Crippen MR) is 82.6 cm³/mol. The Balaban J connectivity index is 1.81. The third-order valence-corrected chi connectivity index (χ3v) is 6.39. The number of nitrogens with zero attached hydrogens (tertiary/aromatic N) is 1. The molecule has 2 heterocycles. The van der Waals surface area contributed by atoms with E-state index in [0.717, 1.165) is 27.0 Å². The molecule has 1 aliphatic heterocycles. The Morgan fingerprint density at radius 2 is 2.11 bits per heavy atom. The van der Waals surface area contributed by atoms with Crippen LogP contribution in [-0.4, -0.2) is 23.4 Å². The van der Waals surface area contributed by atoms with Crippen LogP contribution in [0, 0.1) is 11.8 Å². The minimum Gasteiger partial charge on any atom is -0.335 e. The van der Waals surface area contributed by atoms with Crippen LogP contribution in [0.2, 0.25) is 0 Å². The van der Waals surface area contributed by atoms with Gasteiger partial charge in [0.25, 0.3) is 5.91 Å². The van der Waals surface area contributed by atoms with Crippen LogP contribution in [0.4, 0.5) is 0 Å². The number of thiophene rings is 1. The predicted octanol–water partition coefficient (Wildman–Crippen LogP) is 4.55. The largest absolute Gasteiger partial charge is 0.335 e. The highest BCUT2D eigenvalue weighted by molar-refractivity contribution is 9.11. The number of likely N-dealkylation sites (tertiary alicyclic amines) is 1. The number of amides is 1. The highest BCUT2D eigenvalue weighted by atomic mass is 79.9. The molecule has 3 unspecified atom stereocenters. The van der Waals surface area contributed by atoms with Crippen LogP contribution in [-0.2, 0) is 0 Å². The molecule has 3 rings (SSSR count). The van der Waals surface area contributed by atoms with Gasteiger partial charge in [-0.15, -0.1) is 11.3 Å². The van der Waals surface area contributed by atoms with E-state index in [0.29, 0.717) is 6.04 Å². The molecule has 4 heteroatoms. The maximum atomic E-state index is 12.7. The second kappa shape index (κ2) is 5.57. The molecular formula is C15H20BrNOS. The van der Waals surface area contributed by atoms with Crippen molar-refractivity contribution in [3.63, 3.8) is 0 Å². The zero-order valence-electron chi connectivity index (χ0n) is 11.3. The molecule has 2 nitrogen and oxygen atoms in total. The van der Waals surface area contributed by atoms with Crippen LogP contribution in [0.5, 0.6) is 0 Å². The fourth-order valence-electron chi connectivity index (χ4n) is 3.74. The number of hydrogen-bond donors (Lipinski definition) is 0. The lowest BCUT2D eigenvalue weighted by Crippen LogP contribution is -2.52. The van der Waals surface area contributed by atoms with Gasteiger partial charge in [0.2, 0.25) is 0 Å². The molecule has 0 radical (unpaired) electrons. The molecule has 104 valence electrons. The van der Waals surface area contributed by atoms with Gasteiger partial charge in [-0.3, -0.25) is 4.79 Å². The van der Waals surface area contributed by atoms with Crippen LogP contribution in [0.1, 0.15) is 48.7 Å².